The summed E-state index contributed by atoms with van der Waals surface area (Å²) in [5, 5.41) is 0. The van der Waals surface area contributed by atoms with E-state index in [0.29, 0.717) is 11.3 Å². The lowest BCUT2D eigenvalue weighted by Crippen LogP contribution is -2.03. The number of nitrogens with one attached hydrogen (secondary N) is 1. The molecule has 0 aliphatic rings. The lowest BCUT2D eigenvalue weighted by molar-refractivity contribution is 0.597. The lowest BCUT2D eigenvalue weighted by Gasteiger charge is -2.03. The van der Waals surface area contributed by atoms with Crippen molar-refractivity contribution in [3.8, 4) is 0 Å². The predicted octanol–water partition coefficient (Wildman–Crippen LogP) is 4.33. The van der Waals surface area contributed by atoms with Gasteiger partial charge in [-0.15, -0.1) is 0 Å². The van der Waals surface area contributed by atoms with Crippen molar-refractivity contribution in [3.05, 3.63) is 57.3 Å². The summed E-state index contributed by atoms with van der Waals surface area (Å²) in [4.78, 5) is 8.42. The van der Waals surface area contributed by atoms with Crippen LogP contribution >= 0.6 is 15.9 Å². The maximum Gasteiger partial charge on any atom is 0.178 e. The highest BCUT2D eigenvalue weighted by Crippen LogP contribution is 2.28. The molecule has 0 saturated heterocycles. The molecule has 126 valence electrons. The summed E-state index contributed by atoms with van der Waals surface area (Å²) < 4.78 is 24.8. The number of hydrogen-bond donors (Lipinski definition) is 1. The van der Waals surface area contributed by atoms with Gasteiger partial charge in [-0.25, -0.2) is 13.4 Å². The van der Waals surface area contributed by atoms with Gasteiger partial charge in [-0.3, -0.25) is 0 Å². The van der Waals surface area contributed by atoms with E-state index in [-0.39, 0.29) is 5.75 Å². The summed E-state index contributed by atoms with van der Waals surface area (Å²) in [6.45, 7) is 5.76. The normalized spacial score (nSPS) is 12.0. The Labute approximate surface area is 150 Å². The van der Waals surface area contributed by atoms with E-state index >= 15 is 0 Å². The largest absolute Gasteiger partial charge is 0.342 e. The summed E-state index contributed by atoms with van der Waals surface area (Å²) >= 11 is 3.60. The zero-order chi connectivity index (χ0) is 17.5. The third kappa shape index (κ3) is 3.13. The Hall–Kier alpha value is -1.66. The zero-order valence-corrected chi connectivity index (χ0v) is 16.3. The third-order valence-electron chi connectivity index (χ3n) is 4.21. The molecule has 0 saturated carbocycles. The Bertz CT molecular complexity index is 1010. The van der Waals surface area contributed by atoms with E-state index in [1.165, 1.54) is 5.56 Å². The number of aromatic nitrogens is 2. The van der Waals surface area contributed by atoms with Crippen LogP contribution in [0.5, 0.6) is 0 Å². The van der Waals surface area contributed by atoms with Crippen LogP contribution in [0.25, 0.3) is 11.0 Å². The number of fused-ring (bicyclic) bond motifs is 1. The molecule has 0 spiro atoms. The molecule has 3 rings (SSSR count). The molecule has 3 aromatic rings. The van der Waals surface area contributed by atoms with Crippen molar-refractivity contribution < 1.29 is 8.42 Å². The van der Waals surface area contributed by atoms with Crippen molar-refractivity contribution in [2.75, 3.05) is 5.75 Å². The first kappa shape index (κ1) is 17.2. The van der Waals surface area contributed by atoms with Crippen LogP contribution in [0.2, 0.25) is 0 Å². The molecule has 24 heavy (non-hydrogen) atoms. The first-order valence-corrected chi connectivity index (χ1v) is 10.2. The second kappa shape index (κ2) is 6.33. The van der Waals surface area contributed by atoms with Gasteiger partial charge in [-0.1, -0.05) is 35.0 Å². The van der Waals surface area contributed by atoms with E-state index in [4.69, 9.17) is 4.98 Å². The number of aromatic amines is 1. The Balaban J connectivity index is 1.92. The molecule has 0 aliphatic heterocycles. The first-order chi connectivity index (χ1) is 11.3. The first-order valence-electron chi connectivity index (χ1n) is 7.78. The van der Waals surface area contributed by atoms with E-state index < -0.39 is 9.84 Å². The average Bonchev–Trinajstić information content (AvgIpc) is 2.95. The van der Waals surface area contributed by atoms with E-state index in [2.05, 4.69) is 40.8 Å². The number of aryl methyl sites for hydroxylation is 2. The molecule has 2 aromatic carbocycles. The molecular weight excluding hydrogens is 388 g/mol. The molecule has 0 radical (unpaired) electrons. The molecule has 0 aliphatic carbocycles. The van der Waals surface area contributed by atoms with E-state index in [9.17, 15) is 8.42 Å². The Morgan fingerprint density at radius 2 is 1.83 bits per heavy atom. The van der Waals surface area contributed by atoms with Crippen molar-refractivity contribution in [2.24, 2.45) is 0 Å². The van der Waals surface area contributed by atoms with Gasteiger partial charge in [-0.05, 0) is 48.7 Å². The van der Waals surface area contributed by atoms with Gasteiger partial charge in [0.2, 0.25) is 0 Å². The molecular formula is C18H19BrN2O2S. The number of H-pyrrole nitrogens is 1. The number of imidazole rings is 1. The second-order valence-corrected chi connectivity index (χ2v) is 9.01. The Kier molecular flexibility index (Phi) is 4.53. The van der Waals surface area contributed by atoms with Crippen LogP contribution in [0.3, 0.4) is 0 Å². The minimum Gasteiger partial charge on any atom is -0.342 e. The number of nitrogens with zero attached hydrogens (tertiary/aromatic N) is 1. The van der Waals surface area contributed by atoms with Crippen LogP contribution in [0.4, 0.5) is 0 Å². The van der Waals surface area contributed by atoms with Gasteiger partial charge in [0.15, 0.2) is 9.84 Å². The van der Waals surface area contributed by atoms with Gasteiger partial charge in [0, 0.05) is 10.9 Å². The molecule has 1 heterocycles. The highest BCUT2D eigenvalue weighted by molar-refractivity contribution is 9.10. The van der Waals surface area contributed by atoms with Crippen molar-refractivity contribution in [1.82, 2.24) is 9.97 Å². The van der Waals surface area contributed by atoms with Gasteiger partial charge in [-0.2, -0.15) is 0 Å². The van der Waals surface area contributed by atoms with Crippen LogP contribution in [0, 0.1) is 13.8 Å². The summed E-state index contributed by atoms with van der Waals surface area (Å²) in [5.74, 6) is 0.986. The van der Waals surface area contributed by atoms with Crippen LogP contribution in [0.15, 0.2) is 39.7 Å². The van der Waals surface area contributed by atoms with Crippen LogP contribution in [-0.2, 0) is 16.3 Å². The summed E-state index contributed by atoms with van der Waals surface area (Å²) in [5.41, 5.74) is 5.31. The zero-order valence-electron chi connectivity index (χ0n) is 13.9. The van der Waals surface area contributed by atoms with Gasteiger partial charge in [0.25, 0.3) is 0 Å². The minimum absolute atomic E-state index is 0.115. The monoisotopic (exact) mass is 406 g/mol. The third-order valence-corrected chi connectivity index (χ3v) is 7.18. The number of halogens is 1. The van der Waals surface area contributed by atoms with Gasteiger partial charge in [0.1, 0.15) is 5.82 Å². The predicted molar refractivity (Wildman–Crippen MR) is 100 cm³/mol. The second-order valence-electron chi connectivity index (χ2n) is 5.94. The molecule has 0 unspecified atom stereocenters. The van der Waals surface area contributed by atoms with Crippen molar-refractivity contribution in [3.63, 3.8) is 0 Å². The standard InChI is InChI=1S/C18H19BrN2O2S/c1-4-24(22,23)14-7-5-13(6-8-14)10-16-20-15-9-11(2)17(19)12(3)18(15)21-16/h5-9H,4,10H2,1-3H3,(H,20,21). The van der Waals surface area contributed by atoms with Crippen LogP contribution < -0.4 is 0 Å². The number of rotatable bonds is 4. The molecule has 0 atom stereocenters. The highest BCUT2D eigenvalue weighted by Gasteiger charge is 2.13. The van der Waals surface area contributed by atoms with Gasteiger partial charge in [0.05, 0.1) is 21.7 Å². The molecule has 4 nitrogen and oxygen atoms in total. The van der Waals surface area contributed by atoms with E-state index in [1.807, 2.05) is 12.1 Å². The van der Waals surface area contributed by atoms with Crippen molar-refractivity contribution in [2.45, 2.75) is 32.1 Å². The van der Waals surface area contributed by atoms with E-state index in [0.717, 1.165) is 32.5 Å². The van der Waals surface area contributed by atoms with Gasteiger partial charge < -0.3 is 4.98 Å². The van der Waals surface area contributed by atoms with Crippen LogP contribution in [0.1, 0.15) is 29.4 Å². The summed E-state index contributed by atoms with van der Waals surface area (Å²) in [6, 6.07) is 9.12. The maximum atomic E-state index is 11.9. The van der Waals surface area contributed by atoms with Crippen molar-refractivity contribution >= 4 is 36.8 Å². The van der Waals surface area contributed by atoms with Crippen molar-refractivity contribution in [1.29, 1.82) is 0 Å². The number of hydrogen-bond acceptors (Lipinski definition) is 3. The Morgan fingerprint density at radius 1 is 1.17 bits per heavy atom. The maximum absolute atomic E-state index is 11.9. The SMILES string of the molecule is CCS(=O)(=O)c1ccc(Cc2nc3c(C)c(Br)c(C)cc3[nH]2)cc1. The molecule has 1 N–H and O–H groups in total. The molecule has 0 bridgehead atoms. The van der Waals surface area contributed by atoms with Gasteiger partial charge >= 0.3 is 0 Å². The fourth-order valence-electron chi connectivity index (χ4n) is 2.77. The molecule has 1 aromatic heterocycles. The van der Waals surface area contributed by atoms with E-state index in [1.54, 1.807) is 19.1 Å². The minimum atomic E-state index is -3.15. The molecule has 6 heteroatoms. The average molecular weight is 407 g/mol. The fraction of sp³-hybridized carbons (Fsp3) is 0.278. The topological polar surface area (TPSA) is 62.8 Å². The molecule has 0 amide bonds. The quantitative estimate of drug-likeness (QED) is 0.701. The number of benzene rings is 2. The summed E-state index contributed by atoms with van der Waals surface area (Å²) in [6.07, 6.45) is 0.636. The summed E-state index contributed by atoms with van der Waals surface area (Å²) in [7, 11) is -3.15. The van der Waals surface area contributed by atoms with Crippen LogP contribution in [-0.4, -0.2) is 24.1 Å². The molecule has 0 fully saturated rings. The smallest absolute Gasteiger partial charge is 0.178 e. The lowest BCUT2D eigenvalue weighted by atomic mass is 10.1. The highest BCUT2D eigenvalue weighted by atomic mass is 79.9. The fourth-order valence-corrected chi connectivity index (χ4v) is 3.95. The number of sulfone groups is 1. The Morgan fingerprint density at radius 3 is 2.46 bits per heavy atom.